The molecule has 0 saturated carbocycles. The molecule has 1 rings (SSSR count). The number of methoxy groups -OCH3 is 1. The predicted octanol–water partition coefficient (Wildman–Crippen LogP) is 0.704. The van der Waals surface area contributed by atoms with Crippen LogP contribution in [0.15, 0.2) is 23.1 Å². The highest BCUT2D eigenvalue weighted by molar-refractivity contribution is 7.89. The van der Waals surface area contributed by atoms with E-state index in [-0.39, 0.29) is 24.0 Å². The van der Waals surface area contributed by atoms with Crippen molar-refractivity contribution in [3.8, 4) is 5.75 Å². The molecule has 0 aliphatic carbocycles. The van der Waals surface area contributed by atoms with Gasteiger partial charge in [-0.15, -0.1) is 0 Å². The summed E-state index contributed by atoms with van der Waals surface area (Å²) in [7, 11) is -2.23. The second-order valence-corrected chi connectivity index (χ2v) is 6.14. The number of aliphatic hydroxyl groups is 1. The third kappa shape index (κ3) is 5.33. The number of hydrogen-bond acceptors (Lipinski definition) is 5. The van der Waals surface area contributed by atoms with Gasteiger partial charge in [0.05, 0.1) is 17.7 Å². The molecule has 1 aromatic rings. The van der Waals surface area contributed by atoms with Crippen molar-refractivity contribution in [2.24, 2.45) is 0 Å². The lowest BCUT2D eigenvalue weighted by molar-refractivity contribution is -0.114. The molecule has 0 radical (unpaired) electrons. The van der Waals surface area contributed by atoms with Gasteiger partial charge >= 0.3 is 0 Å². The van der Waals surface area contributed by atoms with E-state index in [0.29, 0.717) is 24.3 Å². The van der Waals surface area contributed by atoms with Gasteiger partial charge in [-0.1, -0.05) is 0 Å². The van der Waals surface area contributed by atoms with Crippen LogP contribution in [0.5, 0.6) is 5.75 Å². The lowest BCUT2D eigenvalue weighted by Crippen LogP contribution is -2.25. The van der Waals surface area contributed by atoms with Gasteiger partial charge < -0.3 is 15.2 Å². The van der Waals surface area contributed by atoms with Crippen molar-refractivity contribution in [1.29, 1.82) is 0 Å². The average Bonchev–Trinajstić information content (AvgIpc) is 2.43. The molecule has 0 aromatic heterocycles. The van der Waals surface area contributed by atoms with Gasteiger partial charge in [-0.3, -0.25) is 4.79 Å². The number of sulfonamides is 1. The van der Waals surface area contributed by atoms with E-state index in [1.165, 1.54) is 32.2 Å². The maximum Gasteiger partial charge on any atom is 0.240 e. The van der Waals surface area contributed by atoms with E-state index in [9.17, 15) is 13.2 Å². The van der Waals surface area contributed by atoms with E-state index in [2.05, 4.69) is 10.0 Å². The third-order valence-electron chi connectivity index (χ3n) is 2.67. The molecule has 0 heterocycles. The molecule has 118 valence electrons. The normalized spacial score (nSPS) is 11.2. The monoisotopic (exact) mass is 316 g/mol. The van der Waals surface area contributed by atoms with Crippen LogP contribution >= 0.6 is 0 Å². The van der Waals surface area contributed by atoms with Crippen LogP contribution in [-0.4, -0.2) is 39.7 Å². The number of carbonyl (C=O) groups is 1. The number of nitrogens with one attached hydrogen (secondary N) is 2. The largest absolute Gasteiger partial charge is 0.495 e. The molecule has 0 aliphatic heterocycles. The summed E-state index contributed by atoms with van der Waals surface area (Å²) >= 11 is 0. The second kappa shape index (κ2) is 7.96. The van der Waals surface area contributed by atoms with Gasteiger partial charge in [0.15, 0.2) is 0 Å². The zero-order chi connectivity index (χ0) is 15.9. The number of aliphatic hydroxyl groups excluding tert-OH is 1. The predicted molar refractivity (Wildman–Crippen MR) is 78.8 cm³/mol. The minimum absolute atomic E-state index is 0.0247. The van der Waals surface area contributed by atoms with Crippen molar-refractivity contribution in [1.82, 2.24) is 4.72 Å². The molecule has 8 heteroatoms. The van der Waals surface area contributed by atoms with Crippen LogP contribution < -0.4 is 14.8 Å². The maximum absolute atomic E-state index is 12.1. The Morgan fingerprint density at radius 3 is 2.62 bits per heavy atom. The zero-order valence-corrected chi connectivity index (χ0v) is 12.9. The third-order valence-corrected chi connectivity index (χ3v) is 4.13. The first-order chi connectivity index (χ1) is 9.90. The molecule has 0 aliphatic rings. The first-order valence-electron chi connectivity index (χ1n) is 6.47. The van der Waals surface area contributed by atoms with Crippen LogP contribution in [0.25, 0.3) is 0 Å². The fraction of sp³-hybridized carbons (Fsp3) is 0.462. The summed E-state index contributed by atoms with van der Waals surface area (Å²) in [6, 6.07) is 4.22. The number of unbranched alkanes of at least 4 members (excludes halogenated alkanes) is 1. The Morgan fingerprint density at radius 1 is 1.33 bits per heavy atom. The van der Waals surface area contributed by atoms with Crippen molar-refractivity contribution in [3.63, 3.8) is 0 Å². The summed E-state index contributed by atoms with van der Waals surface area (Å²) in [5.74, 6) is 0.0585. The highest BCUT2D eigenvalue weighted by Gasteiger charge is 2.16. The van der Waals surface area contributed by atoms with Gasteiger partial charge in [0, 0.05) is 20.1 Å². The zero-order valence-electron chi connectivity index (χ0n) is 12.0. The molecule has 0 spiro atoms. The number of carbonyl (C=O) groups excluding carboxylic acids is 1. The summed E-state index contributed by atoms with van der Waals surface area (Å²) in [6.07, 6.45) is 1.08. The number of hydrogen-bond donors (Lipinski definition) is 3. The first kappa shape index (κ1) is 17.4. The fourth-order valence-electron chi connectivity index (χ4n) is 1.67. The second-order valence-electron chi connectivity index (χ2n) is 4.37. The molecular formula is C13H20N2O5S. The molecular weight excluding hydrogens is 296 g/mol. The first-order valence-corrected chi connectivity index (χ1v) is 7.95. The number of amides is 1. The van der Waals surface area contributed by atoms with Gasteiger partial charge in [0.25, 0.3) is 0 Å². The summed E-state index contributed by atoms with van der Waals surface area (Å²) in [5.41, 5.74) is 0.295. The molecule has 21 heavy (non-hydrogen) atoms. The lowest BCUT2D eigenvalue weighted by Gasteiger charge is -2.12. The number of benzene rings is 1. The number of anilines is 1. The SMILES string of the molecule is COc1ccc(S(=O)(=O)NCCCCO)cc1NC(C)=O. The van der Waals surface area contributed by atoms with Gasteiger partial charge in [0.2, 0.25) is 15.9 Å². The molecule has 0 saturated heterocycles. The van der Waals surface area contributed by atoms with E-state index in [1.54, 1.807) is 0 Å². The number of rotatable bonds is 8. The summed E-state index contributed by atoms with van der Waals surface area (Å²) in [4.78, 5) is 11.2. The number of ether oxygens (including phenoxy) is 1. The highest BCUT2D eigenvalue weighted by Crippen LogP contribution is 2.27. The Bertz CT molecular complexity index is 586. The van der Waals surface area contributed by atoms with Crippen molar-refractivity contribution in [2.45, 2.75) is 24.7 Å². The molecule has 0 bridgehead atoms. The summed E-state index contributed by atoms with van der Waals surface area (Å²) < 4.78 is 31.7. The Morgan fingerprint density at radius 2 is 2.05 bits per heavy atom. The van der Waals surface area contributed by atoms with Crippen LogP contribution in [0.1, 0.15) is 19.8 Å². The Balaban J connectivity index is 2.93. The van der Waals surface area contributed by atoms with Crippen LogP contribution in [0.2, 0.25) is 0 Å². The molecule has 0 unspecified atom stereocenters. The van der Waals surface area contributed by atoms with Gasteiger partial charge in [-0.2, -0.15) is 0 Å². The highest BCUT2D eigenvalue weighted by atomic mass is 32.2. The van der Waals surface area contributed by atoms with Crippen LogP contribution in [0, 0.1) is 0 Å². The molecule has 3 N–H and O–H groups in total. The van der Waals surface area contributed by atoms with Crippen molar-refractivity contribution in [2.75, 3.05) is 25.6 Å². The quantitative estimate of drug-likeness (QED) is 0.613. The van der Waals surface area contributed by atoms with E-state index in [4.69, 9.17) is 9.84 Å². The smallest absolute Gasteiger partial charge is 0.240 e. The minimum Gasteiger partial charge on any atom is -0.495 e. The molecule has 7 nitrogen and oxygen atoms in total. The standard InChI is InChI=1S/C13H20N2O5S/c1-10(17)15-12-9-11(5-6-13(12)20-2)21(18,19)14-7-3-4-8-16/h5-6,9,14,16H,3-4,7-8H2,1-2H3,(H,15,17). The van der Waals surface area contributed by atoms with Crippen LogP contribution in [0.4, 0.5) is 5.69 Å². The van der Waals surface area contributed by atoms with Gasteiger partial charge in [-0.25, -0.2) is 13.1 Å². The maximum atomic E-state index is 12.1. The van der Waals surface area contributed by atoms with Gasteiger partial charge in [0.1, 0.15) is 5.75 Å². The Labute approximate surface area is 124 Å². The lowest BCUT2D eigenvalue weighted by atomic mass is 10.3. The topological polar surface area (TPSA) is 105 Å². The van der Waals surface area contributed by atoms with Crippen molar-refractivity contribution >= 4 is 21.6 Å². The average molecular weight is 316 g/mol. The molecule has 0 fully saturated rings. The summed E-state index contributed by atoms with van der Waals surface area (Å²) in [5, 5.41) is 11.2. The molecule has 1 amide bonds. The van der Waals surface area contributed by atoms with Crippen molar-refractivity contribution < 1.29 is 23.1 Å². The molecule has 1 aromatic carbocycles. The van der Waals surface area contributed by atoms with E-state index >= 15 is 0 Å². The van der Waals surface area contributed by atoms with E-state index in [0.717, 1.165) is 0 Å². The van der Waals surface area contributed by atoms with Gasteiger partial charge in [-0.05, 0) is 31.0 Å². The Hall–Kier alpha value is -1.64. The Kier molecular flexibility index (Phi) is 6.60. The van der Waals surface area contributed by atoms with Crippen LogP contribution in [0.3, 0.4) is 0 Å². The minimum atomic E-state index is -3.66. The molecule has 0 atom stereocenters. The van der Waals surface area contributed by atoms with Crippen LogP contribution in [-0.2, 0) is 14.8 Å². The van der Waals surface area contributed by atoms with E-state index in [1.807, 2.05) is 0 Å². The van der Waals surface area contributed by atoms with E-state index < -0.39 is 10.0 Å². The van der Waals surface area contributed by atoms with Crippen molar-refractivity contribution in [3.05, 3.63) is 18.2 Å². The summed E-state index contributed by atoms with van der Waals surface area (Å²) in [6.45, 7) is 1.59. The fourth-order valence-corrected chi connectivity index (χ4v) is 2.77.